The fourth-order valence-electron chi connectivity index (χ4n) is 8.71. The Balaban J connectivity index is 1.16. The molecule has 4 heteroatoms. The smallest absolute Gasteiger partial charge is 0.144 e. The van der Waals surface area contributed by atoms with Crippen LogP contribution in [0.1, 0.15) is 0 Å². The summed E-state index contributed by atoms with van der Waals surface area (Å²) < 4.78 is 16.1. The molecule has 0 saturated heterocycles. The Labute approximate surface area is 325 Å². The summed E-state index contributed by atoms with van der Waals surface area (Å²) in [5.74, 6) is 0. The van der Waals surface area contributed by atoms with E-state index in [0.29, 0.717) is 0 Å². The molecule has 0 amide bonds. The van der Waals surface area contributed by atoms with Crippen molar-refractivity contribution < 1.29 is 8.83 Å². The number of furan rings is 2. The zero-order valence-corrected chi connectivity index (χ0v) is 30.9. The Hall–Kier alpha value is -7.14. The number of benzene rings is 9. The van der Waals surface area contributed by atoms with Crippen LogP contribution in [0.4, 0.5) is 17.1 Å². The fraction of sp³-hybridized carbons (Fsp3) is 0. The number of fused-ring (bicyclic) bond motifs is 10. The van der Waals surface area contributed by atoms with Gasteiger partial charge in [-0.1, -0.05) is 133 Å². The molecule has 0 radical (unpaired) electrons. The second kappa shape index (κ2) is 12.2. The summed E-state index contributed by atoms with van der Waals surface area (Å²) in [5.41, 5.74) is 11.2. The third-order valence-electron chi connectivity index (χ3n) is 11.2. The van der Waals surface area contributed by atoms with E-state index in [4.69, 9.17) is 8.83 Å². The van der Waals surface area contributed by atoms with Crippen molar-refractivity contribution in [2.24, 2.45) is 0 Å². The molecule has 262 valence electrons. The quantitative estimate of drug-likeness (QED) is 0.176. The fourth-order valence-corrected chi connectivity index (χ4v) is 9.91. The van der Waals surface area contributed by atoms with E-state index in [1.807, 2.05) is 23.5 Å². The third kappa shape index (κ3) is 4.70. The van der Waals surface area contributed by atoms with Gasteiger partial charge in [-0.05, 0) is 76.5 Å². The number of anilines is 3. The molecule has 0 aliphatic heterocycles. The first-order valence-electron chi connectivity index (χ1n) is 18.9. The highest BCUT2D eigenvalue weighted by Gasteiger charge is 2.25. The van der Waals surface area contributed by atoms with Crippen LogP contribution in [0, 0.1) is 0 Å². The van der Waals surface area contributed by atoms with Crippen molar-refractivity contribution in [3.63, 3.8) is 0 Å². The van der Waals surface area contributed by atoms with E-state index in [9.17, 15) is 0 Å². The SMILES string of the molecule is c1ccc(-c2ccccc2N(c2ccc3oc4c(-c5ccc6ccccc6c5)c5c(cc4c3c2)oc2ccccc25)c2cccc3c2sc2ccccc23)cc1. The average molecular weight is 734 g/mol. The molecule has 3 nitrogen and oxygen atoms in total. The maximum Gasteiger partial charge on any atom is 0.144 e. The van der Waals surface area contributed by atoms with Gasteiger partial charge in [-0.3, -0.25) is 0 Å². The summed E-state index contributed by atoms with van der Waals surface area (Å²) in [6.45, 7) is 0. The Kier molecular flexibility index (Phi) is 6.80. The predicted octanol–water partition coefficient (Wildman–Crippen LogP) is 15.8. The summed E-state index contributed by atoms with van der Waals surface area (Å²) in [5, 5.41) is 9.12. The Morgan fingerprint density at radius 1 is 0.411 bits per heavy atom. The molecular weight excluding hydrogens is 703 g/mol. The summed E-state index contributed by atoms with van der Waals surface area (Å²) in [7, 11) is 0. The van der Waals surface area contributed by atoms with Gasteiger partial charge in [0.15, 0.2) is 0 Å². The highest BCUT2D eigenvalue weighted by molar-refractivity contribution is 7.26. The number of hydrogen-bond donors (Lipinski definition) is 0. The molecule has 3 heterocycles. The van der Waals surface area contributed by atoms with Crippen LogP contribution in [-0.4, -0.2) is 0 Å². The average Bonchev–Trinajstić information content (AvgIpc) is 3.95. The Bertz CT molecular complexity index is 3500. The van der Waals surface area contributed by atoms with Gasteiger partial charge in [-0.2, -0.15) is 0 Å². The third-order valence-corrected chi connectivity index (χ3v) is 12.4. The lowest BCUT2D eigenvalue weighted by Gasteiger charge is -2.28. The first kappa shape index (κ1) is 31.2. The molecule has 9 aromatic carbocycles. The molecule has 0 bridgehead atoms. The normalized spacial score (nSPS) is 11.9. The van der Waals surface area contributed by atoms with Gasteiger partial charge < -0.3 is 13.7 Å². The van der Waals surface area contributed by atoms with E-state index in [-0.39, 0.29) is 0 Å². The molecule has 56 heavy (non-hydrogen) atoms. The molecule has 12 aromatic rings. The molecule has 0 unspecified atom stereocenters. The largest absolute Gasteiger partial charge is 0.456 e. The van der Waals surface area contributed by atoms with Crippen LogP contribution >= 0.6 is 11.3 Å². The van der Waals surface area contributed by atoms with Gasteiger partial charge in [-0.25, -0.2) is 0 Å². The van der Waals surface area contributed by atoms with Crippen molar-refractivity contribution >= 4 is 103 Å². The second-order valence-electron chi connectivity index (χ2n) is 14.4. The zero-order chi connectivity index (χ0) is 36.7. The molecular formula is C52H31NO2S. The standard InChI is InChI=1S/C52H31NO2S/c1-2-14-33(15-3-1)37-17-6-9-21-43(37)53(44-22-12-20-39-38-18-8-11-24-48(38)56-52(39)44)36-27-28-46-41(30-36)42-31-47-50(40-19-7-10-23-45(40)54-47)49(51(42)55-46)35-26-25-32-13-4-5-16-34(32)29-35/h1-31H. The van der Waals surface area contributed by atoms with Crippen LogP contribution in [0.25, 0.3) is 97.1 Å². The molecule has 0 aliphatic rings. The lowest BCUT2D eigenvalue weighted by atomic mass is 9.95. The van der Waals surface area contributed by atoms with Crippen LogP contribution in [0.5, 0.6) is 0 Å². The topological polar surface area (TPSA) is 29.5 Å². The van der Waals surface area contributed by atoms with Gasteiger partial charge in [0.25, 0.3) is 0 Å². The summed E-state index contributed by atoms with van der Waals surface area (Å²) in [4.78, 5) is 2.43. The summed E-state index contributed by atoms with van der Waals surface area (Å²) in [6.07, 6.45) is 0. The summed E-state index contributed by atoms with van der Waals surface area (Å²) in [6, 6.07) is 67.2. The van der Waals surface area contributed by atoms with Crippen LogP contribution in [0.2, 0.25) is 0 Å². The van der Waals surface area contributed by atoms with E-state index < -0.39 is 0 Å². The van der Waals surface area contributed by atoms with E-state index in [1.165, 1.54) is 36.5 Å². The predicted molar refractivity (Wildman–Crippen MR) is 237 cm³/mol. The molecule has 3 aromatic heterocycles. The van der Waals surface area contributed by atoms with Gasteiger partial charge in [0.2, 0.25) is 0 Å². The van der Waals surface area contributed by atoms with E-state index in [1.54, 1.807) is 0 Å². The minimum atomic E-state index is 0.833. The lowest BCUT2D eigenvalue weighted by molar-refractivity contribution is 0.664. The molecule has 0 fully saturated rings. The number of hydrogen-bond acceptors (Lipinski definition) is 4. The van der Waals surface area contributed by atoms with Crippen LogP contribution in [0.3, 0.4) is 0 Å². The van der Waals surface area contributed by atoms with Crippen molar-refractivity contribution in [3.05, 3.63) is 188 Å². The van der Waals surface area contributed by atoms with Crippen molar-refractivity contribution in [3.8, 4) is 22.3 Å². The Morgan fingerprint density at radius 3 is 2.07 bits per heavy atom. The number of rotatable bonds is 5. The van der Waals surface area contributed by atoms with Crippen molar-refractivity contribution in [1.82, 2.24) is 0 Å². The second-order valence-corrected chi connectivity index (χ2v) is 15.5. The number of thiophene rings is 1. The maximum atomic E-state index is 6.97. The highest BCUT2D eigenvalue weighted by Crippen LogP contribution is 2.50. The molecule has 0 saturated carbocycles. The lowest BCUT2D eigenvalue weighted by Crippen LogP contribution is -2.11. The molecule has 0 spiro atoms. The number of para-hydroxylation sites is 2. The first-order chi connectivity index (χ1) is 27.8. The van der Waals surface area contributed by atoms with Crippen LogP contribution < -0.4 is 4.90 Å². The van der Waals surface area contributed by atoms with Gasteiger partial charge in [0.1, 0.15) is 22.3 Å². The molecule has 12 rings (SSSR count). The van der Waals surface area contributed by atoms with Gasteiger partial charge in [0.05, 0.1) is 16.1 Å². The van der Waals surface area contributed by atoms with Crippen LogP contribution in [-0.2, 0) is 0 Å². The number of nitrogens with zero attached hydrogens (tertiary/aromatic N) is 1. The van der Waals surface area contributed by atoms with Crippen molar-refractivity contribution in [2.45, 2.75) is 0 Å². The minimum absolute atomic E-state index is 0.833. The van der Waals surface area contributed by atoms with Crippen molar-refractivity contribution in [2.75, 3.05) is 4.90 Å². The highest BCUT2D eigenvalue weighted by atomic mass is 32.1. The molecule has 0 atom stereocenters. The van der Waals surface area contributed by atoms with E-state index >= 15 is 0 Å². The monoisotopic (exact) mass is 733 g/mol. The summed E-state index contributed by atoms with van der Waals surface area (Å²) >= 11 is 1.85. The molecule has 0 aliphatic carbocycles. The van der Waals surface area contributed by atoms with Gasteiger partial charge in [-0.15, -0.1) is 11.3 Å². The van der Waals surface area contributed by atoms with E-state index in [2.05, 4.69) is 181 Å². The molecule has 0 N–H and O–H groups in total. The Morgan fingerprint density at radius 2 is 1.14 bits per heavy atom. The first-order valence-corrected chi connectivity index (χ1v) is 19.7. The van der Waals surface area contributed by atoms with Crippen LogP contribution in [0.15, 0.2) is 197 Å². The van der Waals surface area contributed by atoms with Crippen molar-refractivity contribution in [1.29, 1.82) is 0 Å². The van der Waals surface area contributed by atoms with E-state index in [0.717, 1.165) is 77.6 Å². The minimum Gasteiger partial charge on any atom is -0.456 e. The van der Waals surface area contributed by atoms with Gasteiger partial charge in [0, 0.05) is 53.8 Å². The van der Waals surface area contributed by atoms with Gasteiger partial charge >= 0.3 is 0 Å². The maximum absolute atomic E-state index is 6.97. The zero-order valence-electron chi connectivity index (χ0n) is 30.1.